The number of hydrogen-bond donors (Lipinski definition) is 1. The Labute approximate surface area is 127 Å². The van der Waals surface area contributed by atoms with Gasteiger partial charge in [0.05, 0.1) is 17.2 Å². The molecule has 1 aliphatic heterocycles. The Morgan fingerprint density at radius 1 is 1.52 bits per heavy atom. The van der Waals surface area contributed by atoms with Crippen molar-refractivity contribution >= 4 is 23.5 Å². The lowest BCUT2D eigenvalue weighted by Crippen LogP contribution is -2.57. The minimum absolute atomic E-state index is 0.0288. The van der Waals surface area contributed by atoms with Gasteiger partial charge >= 0.3 is 5.97 Å². The number of rotatable bonds is 3. The molecule has 0 aromatic heterocycles. The Morgan fingerprint density at radius 2 is 2.29 bits per heavy atom. The summed E-state index contributed by atoms with van der Waals surface area (Å²) in [6, 6.07) is 3.26. The molecule has 21 heavy (non-hydrogen) atoms. The first-order valence-electron chi connectivity index (χ1n) is 6.68. The summed E-state index contributed by atoms with van der Waals surface area (Å²) in [6.45, 7) is 2.99. The molecule has 1 heterocycles. The summed E-state index contributed by atoms with van der Waals surface area (Å²) >= 11 is 5.91. The maximum Gasteiger partial charge on any atom is 0.330 e. The van der Waals surface area contributed by atoms with Crippen molar-refractivity contribution in [3.8, 4) is 0 Å². The van der Waals surface area contributed by atoms with Crippen molar-refractivity contribution in [1.29, 1.82) is 0 Å². The third-order valence-electron chi connectivity index (χ3n) is 3.24. The molecule has 1 aromatic carbocycles. The van der Waals surface area contributed by atoms with E-state index in [1.165, 1.54) is 23.1 Å². The zero-order valence-corrected chi connectivity index (χ0v) is 12.3. The van der Waals surface area contributed by atoms with Crippen LogP contribution in [-0.2, 0) is 9.53 Å². The highest BCUT2D eigenvalue weighted by atomic mass is 35.5. The fourth-order valence-electron chi connectivity index (χ4n) is 2.24. The van der Waals surface area contributed by atoms with E-state index in [2.05, 4.69) is 5.32 Å². The first kappa shape index (κ1) is 15.7. The van der Waals surface area contributed by atoms with E-state index in [1.807, 2.05) is 0 Å². The summed E-state index contributed by atoms with van der Waals surface area (Å²) < 4.78 is 18.8. The number of carbonyl (C=O) groups excluding carboxylic acids is 2. The standard InChI is InChI=1S/C14H16ClFN2O3/c1-2-21-14(20)11-8-17-6-7-18(11)13(19)12-9(15)4-3-5-10(12)16/h3-5,11,17H,2,6-8H2,1H3. The van der Waals surface area contributed by atoms with Gasteiger partial charge in [0.25, 0.3) is 5.91 Å². The van der Waals surface area contributed by atoms with Gasteiger partial charge in [-0.3, -0.25) is 4.79 Å². The molecule has 5 nitrogen and oxygen atoms in total. The van der Waals surface area contributed by atoms with Crippen LogP contribution < -0.4 is 5.32 Å². The topological polar surface area (TPSA) is 58.6 Å². The van der Waals surface area contributed by atoms with Crippen LogP contribution in [0, 0.1) is 5.82 Å². The lowest BCUT2D eigenvalue weighted by Gasteiger charge is -2.34. The van der Waals surface area contributed by atoms with Gasteiger partial charge in [-0.05, 0) is 19.1 Å². The predicted molar refractivity (Wildman–Crippen MR) is 75.7 cm³/mol. The smallest absolute Gasteiger partial charge is 0.330 e. The van der Waals surface area contributed by atoms with Crippen molar-refractivity contribution in [2.45, 2.75) is 13.0 Å². The normalized spacial score (nSPS) is 18.4. The van der Waals surface area contributed by atoms with Crippen molar-refractivity contribution in [2.24, 2.45) is 0 Å². The van der Waals surface area contributed by atoms with E-state index in [0.29, 0.717) is 6.54 Å². The first-order valence-corrected chi connectivity index (χ1v) is 7.06. The van der Waals surface area contributed by atoms with Crippen molar-refractivity contribution in [3.05, 3.63) is 34.6 Å². The minimum Gasteiger partial charge on any atom is -0.464 e. The van der Waals surface area contributed by atoms with Crippen LogP contribution in [0.25, 0.3) is 0 Å². The van der Waals surface area contributed by atoms with Crippen LogP contribution in [0.4, 0.5) is 4.39 Å². The average molecular weight is 315 g/mol. The van der Waals surface area contributed by atoms with Gasteiger partial charge in [-0.2, -0.15) is 0 Å². The second kappa shape index (κ2) is 6.87. The van der Waals surface area contributed by atoms with Gasteiger partial charge in [0.2, 0.25) is 0 Å². The van der Waals surface area contributed by atoms with E-state index < -0.39 is 23.7 Å². The van der Waals surface area contributed by atoms with E-state index in [1.54, 1.807) is 6.92 Å². The van der Waals surface area contributed by atoms with Crippen LogP contribution >= 0.6 is 11.6 Å². The molecule has 1 aromatic rings. The molecule has 1 N–H and O–H groups in total. The van der Waals surface area contributed by atoms with Crippen LogP contribution in [-0.4, -0.2) is 49.1 Å². The van der Waals surface area contributed by atoms with Gasteiger partial charge in [0.1, 0.15) is 11.9 Å². The lowest BCUT2D eigenvalue weighted by molar-refractivity contribution is -0.149. The Kier molecular flexibility index (Phi) is 5.14. The largest absolute Gasteiger partial charge is 0.464 e. The van der Waals surface area contributed by atoms with Crippen molar-refractivity contribution in [2.75, 3.05) is 26.2 Å². The zero-order valence-electron chi connectivity index (χ0n) is 11.6. The number of carbonyl (C=O) groups is 2. The quantitative estimate of drug-likeness (QED) is 0.858. The number of amides is 1. The number of nitrogens with zero attached hydrogens (tertiary/aromatic N) is 1. The number of ether oxygens (including phenoxy) is 1. The molecule has 1 aliphatic rings. The fourth-order valence-corrected chi connectivity index (χ4v) is 2.49. The van der Waals surface area contributed by atoms with Gasteiger partial charge < -0.3 is 15.0 Å². The average Bonchev–Trinajstić information content (AvgIpc) is 2.47. The fraction of sp³-hybridized carbons (Fsp3) is 0.429. The molecule has 1 unspecified atom stereocenters. The van der Waals surface area contributed by atoms with Crippen LogP contribution in [0.3, 0.4) is 0 Å². The molecule has 0 aliphatic carbocycles. The lowest BCUT2D eigenvalue weighted by atomic mass is 10.1. The van der Waals surface area contributed by atoms with E-state index in [4.69, 9.17) is 16.3 Å². The van der Waals surface area contributed by atoms with Crippen molar-refractivity contribution in [1.82, 2.24) is 10.2 Å². The molecule has 1 saturated heterocycles. The van der Waals surface area contributed by atoms with Gasteiger partial charge in [-0.15, -0.1) is 0 Å². The zero-order chi connectivity index (χ0) is 15.4. The second-order valence-electron chi connectivity index (χ2n) is 4.57. The van der Waals surface area contributed by atoms with Gasteiger partial charge in [-0.25, -0.2) is 9.18 Å². The third-order valence-corrected chi connectivity index (χ3v) is 3.55. The van der Waals surface area contributed by atoms with Gasteiger partial charge in [0, 0.05) is 19.6 Å². The molecule has 1 fully saturated rings. The highest BCUT2D eigenvalue weighted by molar-refractivity contribution is 6.33. The van der Waals surface area contributed by atoms with Crippen LogP contribution in [0.2, 0.25) is 5.02 Å². The summed E-state index contributed by atoms with van der Waals surface area (Å²) in [4.78, 5) is 25.8. The molecule has 1 amide bonds. The summed E-state index contributed by atoms with van der Waals surface area (Å²) in [7, 11) is 0. The first-order chi connectivity index (χ1) is 10.1. The number of hydrogen-bond acceptors (Lipinski definition) is 4. The summed E-state index contributed by atoms with van der Waals surface area (Å²) in [5.41, 5.74) is -0.213. The maximum atomic E-state index is 13.9. The molecule has 0 bridgehead atoms. The highest BCUT2D eigenvalue weighted by Crippen LogP contribution is 2.22. The number of halogens is 2. The SMILES string of the molecule is CCOC(=O)C1CNCCN1C(=O)c1c(F)cccc1Cl. The van der Waals surface area contributed by atoms with E-state index >= 15 is 0 Å². The summed E-state index contributed by atoms with van der Waals surface area (Å²) in [5, 5.41) is 3.05. The molecule has 0 radical (unpaired) electrons. The number of nitrogens with one attached hydrogen (secondary N) is 1. The molecule has 114 valence electrons. The number of esters is 1. The van der Waals surface area contributed by atoms with E-state index in [-0.39, 0.29) is 30.3 Å². The highest BCUT2D eigenvalue weighted by Gasteiger charge is 2.35. The number of piperazine rings is 1. The monoisotopic (exact) mass is 314 g/mol. The Balaban J connectivity index is 2.29. The Morgan fingerprint density at radius 3 is 2.95 bits per heavy atom. The van der Waals surface area contributed by atoms with Crippen molar-refractivity contribution < 1.29 is 18.7 Å². The second-order valence-corrected chi connectivity index (χ2v) is 4.97. The van der Waals surface area contributed by atoms with Gasteiger partial charge in [0.15, 0.2) is 0 Å². The maximum absolute atomic E-state index is 13.9. The van der Waals surface area contributed by atoms with Crippen molar-refractivity contribution in [3.63, 3.8) is 0 Å². The summed E-state index contributed by atoms with van der Waals surface area (Å²) in [5.74, 6) is -1.81. The molecule has 1 atom stereocenters. The molecule has 0 spiro atoms. The van der Waals surface area contributed by atoms with Crippen LogP contribution in [0.1, 0.15) is 17.3 Å². The third kappa shape index (κ3) is 3.33. The summed E-state index contributed by atoms with van der Waals surface area (Å²) in [6.07, 6.45) is 0. The molecule has 2 rings (SSSR count). The number of benzene rings is 1. The van der Waals surface area contributed by atoms with E-state index in [9.17, 15) is 14.0 Å². The molecular weight excluding hydrogens is 299 g/mol. The Hall–Kier alpha value is -1.66. The molecule has 7 heteroatoms. The van der Waals surface area contributed by atoms with E-state index in [0.717, 1.165) is 0 Å². The van der Waals surface area contributed by atoms with Crippen LogP contribution in [0.15, 0.2) is 18.2 Å². The van der Waals surface area contributed by atoms with Gasteiger partial charge in [-0.1, -0.05) is 17.7 Å². The Bertz CT molecular complexity index is 533. The molecule has 0 saturated carbocycles. The minimum atomic E-state index is -0.776. The predicted octanol–water partition coefficient (Wildman–Crippen LogP) is 1.46. The molecular formula is C14H16ClFN2O3. The van der Waals surface area contributed by atoms with Crippen LogP contribution in [0.5, 0.6) is 0 Å².